The molecule has 0 aliphatic rings. The zero-order valence-corrected chi connectivity index (χ0v) is 10.7. The number of benzene rings is 1. The predicted octanol–water partition coefficient (Wildman–Crippen LogP) is 2.13. The van der Waals surface area contributed by atoms with Crippen molar-refractivity contribution in [2.75, 3.05) is 5.73 Å². The lowest BCUT2D eigenvalue weighted by Gasteiger charge is -2.04. The van der Waals surface area contributed by atoms with E-state index in [4.69, 9.17) is 5.73 Å². The van der Waals surface area contributed by atoms with Gasteiger partial charge in [0.25, 0.3) is 0 Å². The monoisotopic (exact) mass is 243 g/mol. The van der Waals surface area contributed by atoms with Crippen molar-refractivity contribution >= 4 is 11.5 Å². The Bertz CT molecular complexity index is 572. The van der Waals surface area contributed by atoms with Crippen molar-refractivity contribution in [3.63, 3.8) is 0 Å². The Morgan fingerprint density at radius 1 is 1.44 bits per heavy atom. The Hall–Kier alpha value is -2.10. The number of aryl methyl sites for hydroxylation is 3. The molecule has 2 rings (SSSR count). The van der Waals surface area contributed by atoms with Gasteiger partial charge in [0.2, 0.25) is 0 Å². The van der Waals surface area contributed by atoms with Gasteiger partial charge in [-0.1, -0.05) is 0 Å². The molecule has 1 heterocycles. The molecule has 2 aromatic rings. The van der Waals surface area contributed by atoms with Gasteiger partial charge in [0, 0.05) is 30.9 Å². The second-order valence-corrected chi connectivity index (χ2v) is 4.52. The van der Waals surface area contributed by atoms with Crippen LogP contribution in [0.1, 0.15) is 27.9 Å². The van der Waals surface area contributed by atoms with Gasteiger partial charge in [0.1, 0.15) is 0 Å². The minimum atomic E-state index is 0.141. The van der Waals surface area contributed by atoms with E-state index in [-0.39, 0.29) is 5.78 Å². The number of ketones is 1. The summed E-state index contributed by atoms with van der Waals surface area (Å²) in [6, 6.07) is 5.42. The van der Waals surface area contributed by atoms with Gasteiger partial charge < -0.3 is 5.73 Å². The lowest BCUT2D eigenvalue weighted by Crippen LogP contribution is -2.02. The maximum atomic E-state index is 12.0. The molecule has 4 nitrogen and oxygen atoms in total. The molecule has 18 heavy (non-hydrogen) atoms. The summed E-state index contributed by atoms with van der Waals surface area (Å²) in [6.45, 7) is 1.91. The molecule has 0 saturated heterocycles. The molecule has 1 aromatic heterocycles. The van der Waals surface area contributed by atoms with Gasteiger partial charge >= 0.3 is 0 Å². The molecular formula is C14H17N3O. The summed E-state index contributed by atoms with van der Waals surface area (Å²) in [5, 5.41) is 4.08. The van der Waals surface area contributed by atoms with E-state index >= 15 is 0 Å². The Kier molecular flexibility index (Phi) is 3.46. The number of carbonyl (C=O) groups excluding carboxylic acids is 1. The molecule has 0 saturated carbocycles. The zero-order valence-electron chi connectivity index (χ0n) is 10.7. The highest BCUT2D eigenvalue weighted by Gasteiger charge is 2.08. The summed E-state index contributed by atoms with van der Waals surface area (Å²) in [4.78, 5) is 12.0. The lowest BCUT2D eigenvalue weighted by molar-refractivity contribution is 0.0983. The number of nitrogen functional groups attached to an aromatic ring is 1. The van der Waals surface area contributed by atoms with Crippen LogP contribution in [0.3, 0.4) is 0 Å². The third kappa shape index (κ3) is 2.77. The zero-order chi connectivity index (χ0) is 13.1. The van der Waals surface area contributed by atoms with E-state index in [1.165, 1.54) is 0 Å². The molecule has 2 N–H and O–H groups in total. The fraction of sp³-hybridized carbons (Fsp3) is 0.286. The largest absolute Gasteiger partial charge is 0.399 e. The quantitative estimate of drug-likeness (QED) is 0.661. The van der Waals surface area contributed by atoms with Crippen LogP contribution in [0, 0.1) is 6.92 Å². The molecule has 0 fully saturated rings. The van der Waals surface area contributed by atoms with Crippen LogP contribution in [0.4, 0.5) is 5.69 Å². The topological polar surface area (TPSA) is 60.9 Å². The fourth-order valence-electron chi connectivity index (χ4n) is 1.85. The van der Waals surface area contributed by atoms with Gasteiger partial charge in [0.05, 0.1) is 6.20 Å². The highest BCUT2D eigenvalue weighted by atomic mass is 16.1. The summed E-state index contributed by atoms with van der Waals surface area (Å²) in [5.41, 5.74) is 9.21. The molecule has 0 radical (unpaired) electrons. The first-order chi connectivity index (χ1) is 8.56. The third-order valence-electron chi connectivity index (χ3n) is 2.99. The first kappa shape index (κ1) is 12.4. The number of aromatic nitrogens is 2. The van der Waals surface area contributed by atoms with Crippen molar-refractivity contribution in [3.05, 3.63) is 47.3 Å². The van der Waals surface area contributed by atoms with Crippen LogP contribution < -0.4 is 5.73 Å². The van der Waals surface area contributed by atoms with Crippen LogP contribution in [0.15, 0.2) is 30.6 Å². The van der Waals surface area contributed by atoms with E-state index in [1.54, 1.807) is 23.0 Å². The molecule has 0 amide bonds. The molecule has 0 bridgehead atoms. The van der Waals surface area contributed by atoms with Crippen LogP contribution in [0.25, 0.3) is 0 Å². The number of hydrogen-bond donors (Lipinski definition) is 1. The average Bonchev–Trinajstić information content (AvgIpc) is 2.75. The van der Waals surface area contributed by atoms with Gasteiger partial charge in [-0.2, -0.15) is 5.10 Å². The van der Waals surface area contributed by atoms with Crippen molar-refractivity contribution in [2.24, 2.45) is 7.05 Å². The standard InChI is InChI=1S/C14H17N3O/c1-10-7-12(4-5-13(10)15)14(18)6-3-11-8-16-17(2)9-11/h4-5,7-9H,3,6,15H2,1-2H3. The van der Waals surface area contributed by atoms with E-state index in [0.717, 1.165) is 28.8 Å². The first-order valence-corrected chi connectivity index (χ1v) is 5.93. The van der Waals surface area contributed by atoms with Crippen LogP contribution in [-0.2, 0) is 13.5 Å². The Morgan fingerprint density at radius 3 is 2.83 bits per heavy atom. The van der Waals surface area contributed by atoms with Crippen molar-refractivity contribution in [1.82, 2.24) is 9.78 Å². The lowest BCUT2D eigenvalue weighted by atomic mass is 10.0. The highest BCUT2D eigenvalue weighted by molar-refractivity contribution is 5.96. The third-order valence-corrected chi connectivity index (χ3v) is 2.99. The van der Waals surface area contributed by atoms with E-state index in [9.17, 15) is 4.79 Å². The first-order valence-electron chi connectivity index (χ1n) is 5.93. The number of anilines is 1. The molecule has 0 spiro atoms. The van der Waals surface area contributed by atoms with Crippen molar-refractivity contribution in [2.45, 2.75) is 19.8 Å². The molecule has 0 aliphatic heterocycles. The normalized spacial score (nSPS) is 10.6. The number of carbonyl (C=O) groups is 1. The summed E-state index contributed by atoms with van der Waals surface area (Å²) in [7, 11) is 1.87. The molecule has 0 aliphatic carbocycles. The molecule has 0 atom stereocenters. The van der Waals surface area contributed by atoms with Crippen LogP contribution in [0.5, 0.6) is 0 Å². The molecule has 0 unspecified atom stereocenters. The highest BCUT2D eigenvalue weighted by Crippen LogP contribution is 2.15. The second-order valence-electron chi connectivity index (χ2n) is 4.52. The summed E-state index contributed by atoms with van der Waals surface area (Å²) in [6.07, 6.45) is 4.94. The number of hydrogen-bond acceptors (Lipinski definition) is 3. The van der Waals surface area contributed by atoms with E-state index < -0.39 is 0 Å². The maximum absolute atomic E-state index is 12.0. The van der Waals surface area contributed by atoms with Gasteiger partial charge in [-0.05, 0) is 42.7 Å². The van der Waals surface area contributed by atoms with Gasteiger partial charge in [-0.25, -0.2) is 0 Å². The van der Waals surface area contributed by atoms with E-state index in [1.807, 2.05) is 26.2 Å². The van der Waals surface area contributed by atoms with E-state index in [2.05, 4.69) is 5.10 Å². The Labute approximate surface area is 106 Å². The number of rotatable bonds is 4. The minimum Gasteiger partial charge on any atom is -0.399 e. The fourth-order valence-corrected chi connectivity index (χ4v) is 1.85. The van der Waals surface area contributed by atoms with Crippen molar-refractivity contribution in [1.29, 1.82) is 0 Å². The summed E-state index contributed by atoms with van der Waals surface area (Å²) in [5.74, 6) is 0.141. The molecule has 4 heteroatoms. The maximum Gasteiger partial charge on any atom is 0.163 e. The smallest absolute Gasteiger partial charge is 0.163 e. The molecule has 1 aromatic carbocycles. The van der Waals surface area contributed by atoms with Gasteiger partial charge in [0.15, 0.2) is 5.78 Å². The molecule has 94 valence electrons. The Balaban J connectivity index is 2.01. The van der Waals surface area contributed by atoms with E-state index in [0.29, 0.717) is 6.42 Å². The number of Topliss-reactive ketones (excluding diaryl/α,β-unsaturated/α-hetero) is 1. The predicted molar refractivity (Wildman–Crippen MR) is 71.5 cm³/mol. The SMILES string of the molecule is Cc1cc(C(=O)CCc2cnn(C)c2)ccc1N. The van der Waals surface area contributed by atoms with Gasteiger partial charge in [-0.3, -0.25) is 9.48 Å². The van der Waals surface area contributed by atoms with Crippen LogP contribution >= 0.6 is 0 Å². The van der Waals surface area contributed by atoms with Crippen LogP contribution in [-0.4, -0.2) is 15.6 Å². The number of nitrogens with zero attached hydrogens (tertiary/aromatic N) is 2. The number of nitrogens with two attached hydrogens (primary N) is 1. The van der Waals surface area contributed by atoms with Crippen molar-refractivity contribution in [3.8, 4) is 0 Å². The average molecular weight is 243 g/mol. The Morgan fingerprint density at radius 2 is 2.22 bits per heavy atom. The molecular weight excluding hydrogens is 226 g/mol. The minimum absolute atomic E-state index is 0.141. The van der Waals surface area contributed by atoms with Crippen LogP contribution in [0.2, 0.25) is 0 Å². The van der Waals surface area contributed by atoms with Gasteiger partial charge in [-0.15, -0.1) is 0 Å². The summed E-state index contributed by atoms with van der Waals surface area (Å²) < 4.78 is 1.74. The van der Waals surface area contributed by atoms with Crippen molar-refractivity contribution < 1.29 is 4.79 Å². The summed E-state index contributed by atoms with van der Waals surface area (Å²) >= 11 is 0. The second kappa shape index (κ2) is 5.04.